The van der Waals surface area contributed by atoms with Crippen LogP contribution in [0.25, 0.3) is 0 Å². The second-order valence-corrected chi connectivity index (χ2v) is 3.87. The van der Waals surface area contributed by atoms with E-state index >= 15 is 0 Å². The van der Waals surface area contributed by atoms with Crippen LogP contribution in [-0.4, -0.2) is 14.5 Å². The monoisotopic (exact) mass is 276 g/mol. The van der Waals surface area contributed by atoms with E-state index in [1.54, 1.807) is 0 Å². The number of rotatable bonds is 4. The third kappa shape index (κ3) is 2.42. The molecule has 0 aliphatic carbocycles. The number of hydrogen-bond acceptors (Lipinski definition) is 5. The molecule has 2 aromatic rings. The fraction of sp³-hybridized carbons (Fsp3) is 0.167. The number of halogens is 1. The van der Waals surface area contributed by atoms with Crippen LogP contribution in [0.2, 0.25) is 0 Å². The van der Waals surface area contributed by atoms with E-state index in [4.69, 9.17) is 10.00 Å². The van der Waals surface area contributed by atoms with Crippen molar-refractivity contribution in [2.75, 3.05) is 0 Å². The number of nitrogens with zero attached hydrogens (tertiary/aromatic N) is 4. The van der Waals surface area contributed by atoms with E-state index in [1.807, 2.05) is 6.07 Å². The lowest BCUT2D eigenvalue weighted by Gasteiger charge is -2.07. The van der Waals surface area contributed by atoms with Gasteiger partial charge in [-0.25, -0.2) is 13.9 Å². The summed E-state index contributed by atoms with van der Waals surface area (Å²) in [6, 6.07) is 5.79. The highest BCUT2D eigenvalue weighted by Crippen LogP contribution is 2.23. The van der Waals surface area contributed by atoms with Crippen LogP contribution in [0.4, 0.5) is 10.2 Å². The molecular formula is C12H9FN4O3. The molecule has 0 radical (unpaired) electrons. The lowest BCUT2D eigenvalue weighted by molar-refractivity contribution is -0.391. The Morgan fingerprint density at radius 2 is 2.35 bits per heavy atom. The van der Waals surface area contributed by atoms with E-state index in [0.29, 0.717) is 0 Å². The average molecular weight is 276 g/mol. The Balaban J connectivity index is 2.22. The molecule has 0 spiro atoms. The summed E-state index contributed by atoms with van der Waals surface area (Å²) >= 11 is 0. The summed E-state index contributed by atoms with van der Waals surface area (Å²) in [6.07, 6.45) is 1.09. The highest BCUT2D eigenvalue weighted by Gasteiger charge is 2.18. The zero-order chi connectivity index (χ0) is 14.7. The first-order chi connectivity index (χ1) is 9.54. The van der Waals surface area contributed by atoms with Gasteiger partial charge in [-0.1, -0.05) is 6.07 Å². The normalized spacial score (nSPS) is 10.1. The minimum Gasteiger partial charge on any atom is -0.479 e. The van der Waals surface area contributed by atoms with Gasteiger partial charge < -0.3 is 14.9 Å². The molecule has 20 heavy (non-hydrogen) atoms. The standard InChI is InChI=1S/C12H9FN4O3/c1-16-10(15-6-11(16)17(18)19)7-20-12-8(5-14)3-2-4-9(12)13/h2-4,6H,7H2,1H3. The van der Waals surface area contributed by atoms with Crippen LogP contribution < -0.4 is 4.74 Å². The van der Waals surface area contributed by atoms with Gasteiger partial charge in [0.05, 0.1) is 12.6 Å². The molecule has 1 aromatic carbocycles. The first-order valence-electron chi connectivity index (χ1n) is 5.51. The summed E-state index contributed by atoms with van der Waals surface area (Å²) in [6.45, 7) is -0.181. The summed E-state index contributed by atoms with van der Waals surface area (Å²) in [4.78, 5) is 13.9. The highest BCUT2D eigenvalue weighted by atomic mass is 19.1. The third-order valence-corrected chi connectivity index (χ3v) is 2.68. The Kier molecular flexibility index (Phi) is 3.61. The Labute approximate surface area is 113 Å². The quantitative estimate of drug-likeness (QED) is 0.628. The van der Waals surface area contributed by atoms with Gasteiger partial charge in [0.1, 0.15) is 12.3 Å². The highest BCUT2D eigenvalue weighted by molar-refractivity contribution is 5.43. The summed E-state index contributed by atoms with van der Waals surface area (Å²) in [5, 5.41) is 19.5. The van der Waals surface area contributed by atoms with Crippen molar-refractivity contribution in [1.82, 2.24) is 9.55 Å². The maximum absolute atomic E-state index is 13.6. The molecule has 0 N–H and O–H groups in total. The smallest absolute Gasteiger partial charge is 0.342 e. The predicted octanol–water partition coefficient (Wildman–Crippen LogP) is 1.92. The van der Waals surface area contributed by atoms with E-state index in [-0.39, 0.29) is 29.6 Å². The number of nitro groups is 1. The van der Waals surface area contributed by atoms with Crippen LogP contribution in [0.5, 0.6) is 5.75 Å². The fourth-order valence-electron chi connectivity index (χ4n) is 1.62. The van der Waals surface area contributed by atoms with Gasteiger partial charge >= 0.3 is 5.82 Å². The van der Waals surface area contributed by atoms with E-state index in [0.717, 1.165) is 12.3 Å². The van der Waals surface area contributed by atoms with Crippen LogP contribution >= 0.6 is 0 Å². The number of hydrogen-bond donors (Lipinski definition) is 0. The van der Waals surface area contributed by atoms with Gasteiger partial charge in [0.15, 0.2) is 18.2 Å². The minimum absolute atomic E-state index is 0.0497. The largest absolute Gasteiger partial charge is 0.479 e. The van der Waals surface area contributed by atoms with Gasteiger partial charge in [0.25, 0.3) is 0 Å². The molecule has 0 amide bonds. The second kappa shape index (κ2) is 5.36. The van der Waals surface area contributed by atoms with Crippen LogP contribution in [0, 0.1) is 27.3 Å². The Morgan fingerprint density at radius 3 is 2.95 bits per heavy atom. The third-order valence-electron chi connectivity index (χ3n) is 2.68. The van der Waals surface area contributed by atoms with E-state index < -0.39 is 10.7 Å². The summed E-state index contributed by atoms with van der Waals surface area (Å²) < 4.78 is 20.0. The minimum atomic E-state index is -0.673. The number of para-hydroxylation sites is 1. The van der Waals surface area contributed by atoms with Gasteiger partial charge in [-0.05, 0) is 17.1 Å². The van der Waals surface area contributed by atoms with Gasteiger partial charge in [-0.2, -0.15) is 5.26 Å². The van der Waals surface area contributed by atoms with Crippen molar-refractivity contribution < 1.29 is 14.1 Å². The molecule has 1 heterocycles. The van der Waals surface area contributed by atoms with Crippen molar-refractivity contribution >= 4 is 5.82 Å². The molecule has 0 aliphatic rings. The number of benzene rings is 1. The second-order valence-electron chi connectivity index (χ2n) is 3.87. The van der Waals surface area contributed by atoms with Crippen molar-refractivity contribution in [3.63, 3.8) is 0 Å². The summed E-state index contributed by atoms with van der Waals surface area (Å²) in [5.41, 5.74) is 0.0497. The maximum Gasteiger partial charge on any atom is 0.342 e. The molecule has 102 valence electrons. The Hall–Kier alpha value is -2.95. The predicted molar refractivity (Wildman–Crippen MR) is 65.3 cm³/mol. The Morgan fingerprint density at radius 1 is 1.60 bits per heavy atom. The van der Waals surface area contributed by atoms with Crippen LogP contribution in [0.15, 0.2) is 24.4 Å². The molecule has 1 aromatic heterocycles. The summed E-state index contributed by atoms with van der Waals surface area (Å²) in [7, 11) is 1.45. The lowest BCUT2D eigenvalue weighted by Crippen LogP contribution is -2.07. The van der Waals surface area contributed by atoms with E-state index in [1.165, 1.54) is 23.7 Å². The molecule has 7 nitrogen and oxygen atoms in total. The SMILES string of the molecule is Cn1c([N+](=O)[O-])cnc1COc1c(F)cccc1C#N. The number of imidazole rings is 1. The lowest BCUT2D eigenvalue weighted by atomic mass is 10.2. The molecule has 2 rings (SSSR count). The first-order valence-corrected chi connectivity index (χ1v) is 5.51. The van der Waals surface area contributed by atoms with E-state index in [9.17, 15) is 14.5 Å². The van der Waals surface area contributed by atoms with Crippen LogP contribution in [-0.2, 0) is 13.7 Å². The molecule has 0 saturated carbocycles. The molecular weight excluding hydrogens is 267 g/mol. The zero-order valence-corrected chi connectivity index (χ0v) is 10.4. The number of aromatic nitrogens is 2. The van der Waals surface area contributed by atoms with Gasteiger partial charge in [0, 0.05) is 0 Å². The number of nitriles is 1. The van der Waals surface area contributed by atoms with Crippen LogP contribution in [0.1, 0.15) is 11.4 Å². The fourth-order valence-corrected chi connectivity index (χ4v) is 1.62. The van der Waals surface area contributed by atoms with Crippen molar-refractivity contribution in [2.24, 2.45) is 7.05 Å². The maximum atomic E-state index is 13.6. The molecule has 0 bridgehead atoms. The van der Waals surface area contributed by atoms with Gasteiger partial charge in [-0.3, -0.25) is 0 Å². The number of ether oxygens (including phenoxy) is 1. The first kappa shape index (κ1) is 13.5. The Bertz CT molecular complexity index is 705. The van der Waals surface area contributed by atoms with Crippen LogP contribution in [0.3, 0.4) is 0 Å². The molecule has 0 atom stereocenters. The molecule has 8 heteroatoms. The molecule has 0 aliphatic heterocycles. The molecule has 0 saturated heterocycles. The topological polar surface area (TPSA) is 94.0 Å². The molecule has 0 unspecified atom stereocenters. The van der Waals surface area contributed by atoms with Gasteiger partial charge in [0.2, 0.25) is 5.82 Å². The molecule has 0 fully saturated rings. The van der Waals surface area contributed by atoms with Crippen molar-refractivity contribution in [1.29, 1.82) is 5.26 Å². The van der Waals surface area contributed by atoms with Crippen molar-refractivity contribution in [2.45, 2.75) is 6.61 Å². The van der Waals surface area contributed by atoms with Crippen molar-refractivity contribution in [3.05, 3.63) is 51.7 Å². The van der Waals surface area contributed by atoms with E-state index in [2.05, 4.69) is 4.98 Å². The zero-order valence-electron chi connectivity index (χ0n) is 10.4. The average Bonchev–Trinajstić information content (AvgIpc) is 2.78. The summed E-state index contributed by atoms with van der Waals surface area (Å²) in [5.74, 6) is -0.810. The van der Waals surface area contributed by atoms with Gasteiger partial charge in [-0.15, -0.1) is 0 Å². The van der Waals surface area contributed by atoms with Crippen molar-refractivity contribution in [3.8, 4) is 11.8 Å².